The predicted octanol–water partition coefficient (Wildman–Crippen LogP) is 3.60. The molecular weight excluding hydrogens is 687 g/mol. The number of carbonyl (C=O) groups excluding carboxylic acids is 3. The number of benzene rings is 3. The first-order chi connectivity index (χ1) is 21.7. The molecule has 45 heavy (non-hydrogen) atoms. The van der Waals surface area contributed by atoms with Gasteiger partial charge in [-0.2, -0.15) is 0 Å². The fourth-order valence-electron chi connectivity index (χ4n) is 6.35. The molecule has 0 saturated carbocycles. The second kappa shape index (κ2) is 13.4. The van der Waals surface area contributed by atoms with E-state index in [1.165, 1.54) is 4.90 Å². The summed E-state index contributed by atoms with van der Waals surface area (Å²) in [5.41, 5.74) is 3.95. The van der Waals surface area contributed by atoms with Crippen LogP contribution in [0.1, 0.15) is 33.5 Å². The lowest BCUT2D eigenvalue weighted by molar-refractivity contribution is -0.172. The number of nitrogens with one attached hydrogen (secondary N) is 1. The van der Waals surface area contributed by atoms with Gasteiger partial charge in [-0.15, -0.1) is 0 Å². The summed E-state index contributed by atoms with van der Waals surface area (Å²) in [7, 11) is 1.59. The number of rotatable bonds is 9. The third-order valence-electron chi connectivity index (χ3n) is 8.60. The first kappa shape index (κ1) is 31.4. The Bertz CT molecular complexity index is 1570. The highest BCUT2D eigenvalue weighted by molar-refractivity contribution is 14.1. The van der Waals surface area contributed by atoms with Gasteiger partial charge in [0.2, 0.25) is 11.8 Å². The molecule has 2 aliphatic carbocycles. The molecule has 0 radical (unpaired) electrons. The van der Waals surface area contributed by atoms with Gasteiger partial charge in [-0.25, -0.2) is 4.79 Å². The van der Waals surface area contributed by atoms with Crippen LogP contribution in [0.4, 0.5) is 0 Å². The summed E-state index contributed by atoms with van der Waals surface area (Å²) in [6, 6.07) is 23.8. The van der Waals surface area contributed by atoms with Crippen molar-refractivity contribution in [3.63, 3.8) is 0 Å². The molecule has 0 aromatic heterocycles. The first-order valence-corrected chi connectivity index (χ1v) is 16.1. The smallest absolute Gasteiger partial charge is 0.338 e. The van der Waals surface area contributed by atoms with Crippen LogP contribution in [-0.2, 0) is 43.1 Å². The molecule has 1 saturated heterocycles. The van der Waals surface area contributed by atoms with E-state index < -0.39 is 36.1 Å². The van der Waals surface area contributed by atoms with Crippen molar-refractivity contribution in [1.82, 2.24) is 10.2 Å². The molecule has 3 aromatic rings. The van der Waals surface area contributed by atoms with E-state index in [1.54, 1.807) is 25.3 Å². The van der Waals surface area contributed by atoms with Gasteiger partial charge in [0.1, 0.15) is 24.4 Å². The Hall–Kier alpha value is -3.58. The van der Waals surface area contributed by atoms with Crippen LogP contribution in [-0.4, -0.2) is 78.1 Å². The summed E-state index contributed by atoms with van der Waals surface area (Å²) >= 11 is 2.17. The number of hydrogen-bond donors (Lipinski definition) is 2. The van der Waals surface area contributed by atoms with Crippen LogP contribution >= 0.6 is 22.6 Å². The summed E-state index contributed by atoms with van der Waals surface area (Å²) < 4.78 is 20.2. The molecule has 2 amide bonds. The molecule has 9 nitrogen and oxygen atoms in total. The summed E-state index contributed by atoms with van der Waals surface area (Å²) in [4.78, 5) is 42.1. The number of amides is 2. The van der Waals surface area contributed by atoms with Crippen molar-refractivity contribution in [2.24, 2.45) is 0 Å². The zero-order valence-electron chi connectivity index (χ0n) is 24.9. The number of carbonyl (C=O) groups is 3. The van der Waals surface area contributed by atoms with Crippen LogP contribution in [0.25, 0.3) is 0 Å². The van der Waals surface area contributed by atoms with Gasteiger partial charge in [0.15, 0.2) is 5.79 Å². The zero-order chi connectivity index (χ0) is 31.6. The Morgan fingerprint density at radius 1 is 1.00 bits per heavy atom. The van der Waals surface area contributed by atoms with Gasteiger partial charge in [0, 0.05) is 48.4 Å². The van der Waals surface area contributed by atoms with Crippen molar-refractivity contribution >= 4 is 40.4 Å². The van der Waals surface area contributed by atoms with Gasteiger partial charge in [-0.05, 0) is 69.6 Å². The van der Waals surface area contributed by atoms with Crippen molar-refractivity contribution in [1.29, 1.82) is 0 Å². The summed E-state index contributed by atoms with van der Waals surface area (Å²) in [5, 5.41) is 12.0. The number of ether oxygens (including phenoxy) is 3. The lowest BCUT2D eigenvalue weighted by Gasteiger charge is -2.33. The van der Waals surface area contributed by atoms with E-state index in [-0.39, 0.29) is 37.8 Å². The van der Waals surface area contributed by atoms with E-state index in [0.717, 1.165) is 20.3 Å². The highest BCUT2D eigenvalue weighted by atomic mass is 127. The van der Waals surface area contributed by atoms with E-state index in [0.29, 0.717) is 24.0 Å². The van der Waals surface area contributed by atoms with E-state index in [2.05, 4.69) is 40.0 Å². The zero-order valence-corrected chi connectivity index (χ0v) is 27.0. The molecule has 3 aromatic carbocycles. The number of fused-ring (bicyclic) bond motifs is 2. The van der Waals surface area contributed by atoms with Crippen LogP contribution in [0.3, 0.4) is 0 Å². The Balaban J connectivity index is 1.28. The molecule has 4 atom stereocenters. The number of likely N-dealkylation sites (N-methyl/N-ethyl adjacent to an activating group) is 1. The fraction of sp³-hybridized carbons (Fsp3) is 0.343. The maximum absolute atomic E-state index is 14.1. The van der Waals surface area contributed by atoms with E-state index in [1.807, 2.05) is 54.6 Å². The number of aliphatic hydroxyl groups is 1. The van der Waals surface area contributed by atoms with Crippen molar-refractivity contribution in [2.75, 3.05) is 20.2 Å². The van der Waals surface area contributed by atoms with Gasteiger partial charge in [-0.1, -0.05) is 54.6 Å². The predicted molar refractivity (Wildman–Crippen MR) is 174 cm³/mol. The van der Waals surface area contributed by atoms with Crippen molar-refractivity contribution in [3.05, 3.63) is 116 Å². The van der Waals surface area contributed by atoms with Crippen molar-refractivity contribution in [3.8, 4) is 0 Å². The summed E-state index contributed by atoms with van der Waals surface area (Å²) in [6.07, 6.45) is 1.21. The largest absolute Gasteiger partial charge is 0.456 e. The number of aliphatic hydroxyl groups excluding tert-OH is 1. The normalized spacial score (nSPS) is 21.8. The van der Waals surface area contributed by atoms with Gasteiger partial charge in [-0.3, -0.25) is 9.59 Å². The third-order valence-corrected chi connectivity index (χ3v) is 9.32. The van der Waals surface area contributed by atoms with Gasteiger partial charge < -0.3 is 29.5 Å². The molecule has 1 heterocycles. The SMILES string of the molecule is CN(C(=O)C1=C[C@H]2OC3(Cc4ccccc4C3)O[C@H]2[C@H](OC(=O)c2ccc(I)cc2)C1)[C@H](Cc1ccccc1)C(=O)NCCO. The average molecular weight is 723 g/mol. The maximum atomic E-state index is 14.1. The van der Waals surface area contributed by atoms with Crippen LogP contribution in [0.5, 0.6) is 0 Å². The van der Waals surface area contributed by atoms with Gasteiger partial charge in [0.05, 0.1) is 12.2 Å². The van der Waals surface area contributed by atoms with Crippen molar-refractivity contribution in [2.45, 2.75) is 55.8 Å². The molecule has 1 fully saturated rings. The number of nitrogens with zero attached hydrogens (tertiary/aromatic N) is 1. The Morgan fingerprint density at radius 3 is 2.33 bits per heavy atom. The van der Waals surface area contributed by atoms with Crippen LogP contribution in [0.15, 0.2) is 90.5 Å². The fourth-order valence-corrected chi connectivity index (χ4v) is 6.71. The molecular formula is C35H35IN2O7. The van der Waals surface area contributed by atoms with E-state index in [9.17, 15) is 19.5 Å². The van der Waals surface area contributed by atoms with Crippen LogP contribution in [0.2, 0.25) is 0 Å². The monoisotopic (exact) mass is 722 g/mol. The summed E-state index contributed by atoms with van der Waals surface area (Å²) in [5.74, 6) is -2.18. The van der Waals surface area contributed by atoms with Crippen LogP contribution in [0, 0.1) is 3.57 Å². The maximum Gasteiger partial charge on any atom is 0.338 e. The molecule has 6 rings (SSSR count). The lowest BCUT2D eigenvalue weighted by atomic mass is 9.90. The Kier molecular flexibility index (Phi) is 9.36. The minimum atomic E-state index is -0.923. The van der Waals surface area contributed by atoms with E-state index >= 15 is 0 Å². The molecule has 1 spiro atoms. The molecule has 2 N–H and O–H groups in total. The quantitative estimate of drug-likeness (QED) is 0.257. The number of hydrogen-bond acceptors (Lipinski definition) is 7. The lowest BCUT2D eigenvalue weighted by Crippen LogP contribution is -2.51. The molecule has 10 heteroatoms. The Morgan fingerprint density at radius 2 is 1.67 bits per heavy atom. The molecule has 0 unspecified atom stereocenters. The van der Waals surface area contributed by atoms with Crippen LogP contribution < -0.4 is 5.32 Å². The van der Waals surface area contributed by atoms with E-state index in [4.69, 9.17) is 14.2 Å². The summed E-state index contributed by atoms with van der Waals surface area (Å²) in [6.45, 7) is -0.142. The molecule has 234 valence electrons. The Labute approximate surface area is 275 Å². The van der Waals surface area contributed by atoms with Crippen molar-refractivity contribution < 1.29 is 33.7 Å². The second-order valence-corrected chi connectivity index (χ2v) is 12.9. The van der Waals surface area contributed by atoms with Gasteiger partial charge >= 0.3 is 5.97 Å². The minimum absolute atomic E-state index is 0.0742. The minimum Gasteiger partial charge on any atom is -0.456 e. The number of esters is 1. The topological polar surface area (TPSA) is 114 Å². The highest BCUT2D eigenvalue weighted by Gasteiger charge is 2.55. The molecule has 1 aliphatic heterocycles. The molecule has 0 bridgehead atoms. The third kappa shape index (κ3) is 6.84. The average Bonchev–Trinajstić information content (AvgIpc) is 3.60. The highest BCUT2D eigenvalue weighted by Crippen LogP contribution is 2.45. The number of halogens is 1. The first-order valence-electron chi connectivity index (χ1n) is 15.0. The molecule has 3 aliphatic rings. The second-order valence-electron chi connectivity index (χ2n) is 11.7. The standard InChI is InChI=1S/C35H35IN2O7/c1-38(28(32(40)37-15-16-39)17-22-7-3-2-4-8-22)33(41)26-18-29(43-34(42)23-11-13-27(36)14-12-23)31-30(19-26)44-35(45-31)20-24-9-5-6-10-25(24)21-35/h2-14,19,28-31,39H,15-18,20-21H2,1H3,(H,37,40)/t28-,29-,30-,31+/m1/s1. The van der Waals surface area contributed by atoms with Gasteiger partial charge in [0.25, 0.3) is 0 Å².